The van der Waals surface area contributed by atoms with Crippen LogP contribution in [0.3, 0.4) is 0 Å². The minimum atomic E-state index is -0.0405. The fourth-order valence-electron chi connectivity index (χ4n) is 2.08. The molecule has 0 aliphatic rings. The van der Waals surface area contributed by atoms with Crippen LogP contribution in [0.1, 0.15) is 36.6 Å². The van der Waals surface area contributed by atoms with E-state index in [1.165, 1.54) is 0 Å². The van der Waals surface area contributed by atoms with Crippen molar-refractivity contribution >= 4 is 23.3 Å². The van der Waals surface area contributed by atoms with E-state index in [2.05, 4.69) is 22.4 Å². The average molecular weight is 306 g/mol. The molecule has 5 heteroatoms. The molecule has 0 atom stereocenters. The molecule has 0 radical (unpaired) electrons. The first-order valence-corrected chi connectivity index (χ1v) is 7.55. The van der Waals surface area contributed by atoms with Crippen molar-refractivity contribution in [3.8, 4) is 0 Å². The van der Waals surface area contributed by atoms with Gasteiger partial charge in [0, 0.05) is 23.2 Å². The van der Waals surface area contributed by atoms with E-state index in [9.17, 15) is 4.79 Å². The van der Waals surface area contributed by atoms with E-state index in [0.717, 1.165) is 34.7 Å². The molecule has 1 heterocycles. The van der Waals surface area contributed by atoms with Gasteiger partial charge in [0.2, 0.25) is 5.91 Å². The number of aromatic nitrogens is 2. The van der Waals surface area contributed by atoms with E-state index in [0.29, 0.717) is 18.7 Å². The Morgan fingerprint density at radius 1 is 1.33 bits per heavy atom. The lowest BCUT2D eigenvalue weighted by molar-refractivity contribution is -0.116. The predicted octanol–water partition coefficient (Wildman–Crippen LogP) is 3.90. The largest absolute Gasteiger partial charge is 0.309 e. The van der Waals surface area contributed by atoms with Gasteiger partial charge in [0.1, 0.15) is 0 Å². The van der Waals surface area contributed by atoms with Crippen LogP contribution in [-0.2, 0) is 17.6 Å². The van der Waals surface area contributed by atoms with Gasteiger partial charge in [-0.05, 0) is 37.0 Å². The molecular weight excluding hydrogens is 286 g/mol. The van der Waals surface area contributed by atoms with Crippen molar-refractivity contribution in [2.75, 3.05) is 5.32 Å². The smallest absolute Gasteiger partial charge is 0.225 e. The van der Waals surface area contributed by atoms with E-state index in [-0.39, 0.29) is 5.91 Å². The predicted molar refractivity (Wildman–Crippen MR) is 85.7 cm³/mol. The number of carbonyl (C=O) groups excluding carboxylic acids is 1. The topological polar surface area (TPSA) is 57.8 Å². The van der Waals surface area contributed by atoms with Gasteiger partial charge >= 0.3 is 0 Å². The normalized spacial score (nSPS) is 10.6. The second-order valence-electron chi connectivity index (χ2n) is 5.16. The molecule has 1 aromatic carbocycles. The van der Waals surface area contributed by atoms with Crippen molar-refractivity contribution in [2.45, 2.75) is 39.5 Å². The summed E-state index contributed by atoms with van der Waals surface area (Å²) in [4.78, 5) is 11.9. The maximum atomic E-state index is 11.9. The molecule has 4 nitrogen and oxygen atoms in total. The number of nitrogens with zero attached hydrogens (tertiary/aromatic N) is 1. The van der Waals surface area contributed by atoms with E-state index in [1.54, 1.807) is 0 Å². The van der Waals surface area contributed by atoms with Gasteiger partial charge in [-0.15, -0.1) is 0 Å². The number of aryl methyl sites for hydroxylation is 3. The molecule has 0 saturated carbocycles. The quantitative estimate of drug-likeness (QED) is 0.850. The van der Waals surface area contributed by atoms with Crippen LogP contribution >= 0.6 is 11.6 Å². The number of anilines is 1. The molecule has 2 rings (SSSR count). The van der Waals surface area contributed by atoms with Crippen LogP contribution in [0, 0.1) is 6.92 Å². The number of carbonyl (C=O) groups is 1. The van der Waals surface area contributed by atoms with E-state index >= 15 is 0 Å². The van der Waals surface area contributed by atoms with Gasteiger partial charge in [-0.1, -0.05) is 37.1 Å². The lowest BCUT2D eigenvalue weighted by Gasteiger charge is -2.04. The second kappa shape index (κ2) is 7.27. The molecule has 0 aliphatic carbocycles. The highest BCUT2D eigenvalue weighted by Crippen LogP contribution is 2.17. The van der Waals surface area contributed by atoms with Crippen molar-refractivity contribution in [1.29, 1.82) is 0 Å². The van der Waals surface area contributed by atoms with Gasteiger partial charge in [-0.25, -0.2) is 0 Å². The van der Waals surface area contributed by atoms with Crippen LogP contribution in [0.2, 0.25) is 5.02 Å². The number of nitrogens with one attached hydrogen (secondary N) is 2. The highest BCUT2D eigenvalue weighted by Gasteiger charge is 2.07. The summed E-state index contributed by atoms with van der Waals surface area (Å²) in [6, 6.07) is 7.77. The van der Waals surface area contributed by atoms with Crippen molar-refractivity contribution < 1.29 is 4.79 Å². The number of rotatable bonds is 6. The Morgan fingerprint density at radius 2 is 2.14 bits per heavy atom. The molecule has 2 N–H and O–H groups in total. The highest BCUT2D eigenvalue weighted by atomic mass is 35.5. The van der Waals surface area contributed by atoms with Gasteiger partial charge in [-0.2, -0.15) is 5.10 Å². The summed E-state index contributed by atoms with van der Waals surface area (Å²) in [5, 5.41) is 10.5. The van der Waals surface area contributed by atoms with Crippen LogP contribution in [-0.4, -0.2) is 16.1 Å². The van der Waals surface area contributed by atoms with Crippen LogP contribution in [0.4, 0.5) is 5.82 Å². The van der Waals surface area contributed by atoms with Crippen LogP contribution < -0.4 is 5.32 Å². The Hall–Kier alpha value is -1.81. The van der Waals surface area contributed by atoms with Crippen molar-refractivity contribution in [3.05, 3.63) is 46.1 Å². The van der Waals surface area contributed by atoms with Crippen LogP contribution in [0.5, 0.6) is 0 Å². The zero-order valence-electron chi connectivity index (χ0n) is 12.4. The average Bonchev–Trinajstić information content (AvgIpc) is 2.88. The first-order valence-electron chi connectivity index (χ1n) is 7.17. The monoisotopic (exact) mass is 305 g/mol. The molecule has 112 valence electrons. The number of halogens is 1. The summed E-state index contributed by atoms with van der Waals surface area (Å²) in [7, 11) is 0. The standard InChI is InChI=1S/C16H20ClN3O/c1-3-4-13-10-15(20-19-13)18-16(21)8-7-12-6-5-11(2)14(17)9-12/h5-6,9-10H,3-4,7-8H2,1-2H3,(H2,18,19,20,21). The second-order valence-corrected chi connectivity index (χ2v) is 5.57. The number of amides is 1. The molecule has 0 unspecified atom stereocenters. The minimum absolute atomic E-state index is 0.0405. The summed E-state index contributed by atoms with van der Waals surface area (Å²) in [5.74, 6) is 0.548. The zero-order chi connectivity index (χ0) is 15.2. The molecule has 0 aliphatic heterocycles. The lowest BCUT2D eigenvalue weighted by Crippen LogP contribution is -2.12. The van der Waals surface area contributed by atoms with Crippen molar-refractivity contribution in [2.24, 2.45) is 0 Å². The molecule has 1 aromatic heterocycles. The number of benzene rings is 1. The number of hydrogen-bond donors (Lipinski definition) is 2. The third-order valence-corrected chi connectivity index (χ3v) is 3.70. The number of hydrogen-bond acceptors (Lipinski definition) is 2. The zero-order valence-corrected chi connectivity index (χ0v) is 13.1. The Bertz CT molecular complexity index is 622. The van der Waals surface area contributed by atoms with E-state index in [1.807, 2.05) is 31.2 Å². The number of aromatic amines is 1. The fraction of sp³-hybridized carbons (Fsp3) is 0.375. The maximum Gasteiger partial charge on any atom is 0.225 e. The van der Waals surface area contributed by atoms with Gasteiger partial charge < -0.3 is 5.32 Å². The molecule has 0 saturated heterocycles. The number of H-pyrrole nitrogens is 1. The van der Waals surface area contributed by atoms with Crippen LogP contribution in [0.25, 0.3) is 0 Å². The Labute approximate surface area is 129 Å². The first kappa shape index (κ1) is 15.6. The summed E-state index contributed by atoms with van der Waals surface area (Å²) in [6.45, 7) is 4.07. The van der Waals surface area contributed by atoms with E-state index in [4.69, 9.17) is 11.6 Å². The summed E-state index contributed by atoms with van der Waals surface area (Å²) >= 11 is 6.08. The van der Waals surface area contributed by atoms with E-state index < -0.39 is 0 Å². The molecule has 0 bridgehead atoms. The Kier molecular flexibility index (Phi) is 5.39. The Balaban J connectivity index is 1.85. The van der Waals surface area contributed by atoms with Gasteiger partial charge in [0.15, 0.2) is 5.82 Å². The van der Waals surface area contributed by atoms with Gasteiger partial charge in [0.25, 0.3) is 0 Å². The van der Waals surface area contributed by atoms with Gasteiger partial charge in [-0.3, -0.25) is 9.89 Å². The Morgan fingerprint density at radius 3 is 2.86 bits per heavy atom. The summed E-state index contributed by atoms with van der Waals surface area (Å²) < 4.78 is 0. The molecule has 21 heavy (non-hydrogen) atoms. The molecule has 2 aromatic rings. The van der Waals surface area contributed by atoms with Gasteiger partial charge in [0.05, 0.1) is 0 Å². The third-order valence-electron chi connectivity index (χ3n) is 3.29. The van der Waals surface area contributed by atoms with Crippen LogP contribution in [0.15, 0.2) is 24.3 Å². The molecule has 0 spiro atoms. The lowest BCUT2D eigenvalue weighted by atomic mass is 10.1. The van der Waals surface area contributed by atoms with Crippen molar-refractivity contribution in [1.82, 2.24) is 10.2 Å². The summed E-state index contributed by atoms with van der Waals surface area (Å²) in [6.07, 6.45) is 3.06. The first-order chi connectivity index (χ1) is 10.1. The molecule has 0 fully saturated rings. The fourth-order valence-corrected chi connectivity index (χ4v) is 2.28. The van der Waals surface area contributed by atoms with Crippen molar-refractivity contribution in [3.63, 3.8) is 0 Å². The third kappa shape index (κ3) is 4.60. The summed E-state index contributed by atoms with van der Waals surface area (Å²) in [5.41, 5.74) is 3.15. The maximum absolute atomic E-state index is 11.9. The molecule has 1 amide bonds. The highest BCUT2D eigenvalue weighted by molar-refractivity contribution is 6.31. The minimum Gasteiger partial charge on any atom is -0.309 e. The SMILES string of the molecule is CCCc1cc(NC(=O)CCc2ccc(C)c(Cl)c2)n[nH]1. The molecular formula is C16H20ClN3O.